The average molecular weight is 414 g/mol. The van der Waals surface area contributed by atoms with Crippen LogP contribution in [0.15, 0.2) is 24.3 Å². The van der Waals surface area contributed by atoms with Gasteiger partial charge in [-0.05, 0) is 50.2 Å². The van der Waals surface area contributed by atoms with Crippen LogP contribution in [0.3, 0.4) is 0 Å². The predicted octanol–water partition coefficient (Wildman–Crippen LogP) is 2.49. The number of nitrogens with zero attached hydrogens (tertiary/aromatic N) is 1. The van der Waals surface area contributed by atoms with Crippen LogP contribution in [0.4, 0.5) is 5.69 Å². The van der Waals surface area contributed by atoms with Gasteiger partial charge in [-0.2, -0.15) is 0 Å². The number of benzene rings is 1. The highest BCUT2D eigenvalue weighted by molar-refractivity contribution is 6.43. The zero-order valence-electron chi connectivity index (χ0n) is 18.4. The van der Waals surface area contributed by atoms with Crippen molar-refractivity contribution >= 4 is 24.5 Å². The minimum atomic E-state index is -1.60. The minimum Gasteiger partial charge on any atom is -0.426 e. The van der Waals surface area contributed by atoms with Crippen molar-refractivity contribution in [1.82, 2.24) is 5.32 Å². The number of anilines is 1. The van der Waals surface area contributed by atoms with Crippen molar-refractivity contribution in [2.45, 2.75) is 71.3 Å². The van der Waals surface area contributed by atoms with Gasteiger partial charge in [0.05, 0.1) is 12.0 Å². The zero-order valence-corrected chi connectivity index (χ0v) is 18.4. The van der Waals surface area contributed by atoms with Gasteiger partial charge in [-0.25, -0.2) is 0 Å². The Morgan fingerprint density at radius 2 is 1.83 bits per heavy atom. The Bertz CT molecular complexity index is 733. The monoisotopic (exact) mass is 414 g/mol. The van der Waals surface area contributed by atoms with E-state index < -0.39 is 19.0 Å². The van der Waals surface area contributed by atoms with Crippen molar-refractivity contribution in [3.05, 3.63) is 29.8 Å². The molecule has 3 N–H and O–H groups in total. The lowest BCUT2D eigenvalue weighted by atomic mass is 9.74. The van der Waals surface area contributed by atoms with Gasteiger partial charge in [-0.1, -0.05) is 44.4 Å². The molecule has 0 unspecified atom stereocenters. The first kappa shape index (κ1) is 22.8. The summed E-state index contributed by atoms with van der Waals surface area (Å²) in [6.07, 6.45) is 4.42. The second-order valence-electron chi connectivity index (χ2n) is 9.54. The number of Topliss-reactive ketones (excluding diaryl/α,β-unsaturated/α-hetero) is 1. The maximum Gasteiger partial charge on any atom is 0.475 e. The summed E-state index contributed by atoms with van der Waals surface area (Å²) in [5.74, 6) is -0.506. The summed E-state index contributed by atoms with van der Waals surface area (Å²) >= 11 is 0. The highest BCUT2D eigenvalue weighted by atomic mass is 16.4. The number of hydrogen-bond acceptors (Lipinski definition) is 5. The molecule has 1 aromatic carbocycles. The third kappa shape index (κ3) is 6.08. The predicted molar refractivity (Wildman–Crippen MR) is 119 cm³/mol. The Kier molecular flexibility index (Phi) is 7.58. The fourth-order valence-electron chi connectivity index (χ4n) is 4.25. The molecule has 1 heterocycles. The van der Waals surface area contributed by atoms with E-state index in [0.29, 0.717) is 18.8 Å². The molecule has 3 rings (SSSR count). The Balaban J connectivity index is 1.63. The number of amides is 1. The number of nitrogens with one attached hydrogen (secondary N) is 1. The Hall–Kier alpha value is -1.86. The first-order valence-corrected chi connectivity index (χ1v) is 11.3. The molecule has 7 heteroatoms. The summed E-state index contributed by atoms with van der Waals surface area (Å²) in [4.78, 5) is 28.1. The molecule has 2 aliphatic rings. The maximum absolute atomic E-state index is 13.1. The van der Waals surface area contributed by atoms with Gasteiger partial charge in [0.1, 0.15) is 0 Å². The van der Waals surface area contributed by atoms with Gasteiger partial charge in [0.2, 0.25) is 5.91 Å². The van der Waals surface area contributed by atoms with E-state index in [1.165, 1.54) is 5.56 Å². The molecule has 0 radical (unpaired) electrons. The molecule has 1 aliphatic heterocycles. The molecule has 1 amide bonds. The van der Waals surface area contributed by atoms with E-state index in [1.54, 1.807) is 0 Å². The number of aryl methyl sites for hydroxylation is 1. The minimum absolute atomic E-state index is 0.104. The van der Waals surface area contributed by atoms with Crippen LogP contribution >= 0.6 is 0 Å². The molecule has 164 valence electrons. The summed E-state index contributed by atoms with van der Waals surface area (Å²) in [6, 6.07) is 8.02. The molecular formula is C23H35BN2O4. The van der Waals surface area contributed by atoms with Crippen molar-refractivity contribution in [2.24, 2.45) is 17.8 Å². The first-order valence-electron chi connectivity index (χ1n) is 11.3. The summed E-state index contributed by atoms with van der Waals surface area (Å²) in [6.45, 7) is 6.84. The van der Waals surface area contributed by atoms with E-state index in [2.05, 4.69) is 10.2 Å². The van der Waals surface area contributed by atoms with Crippen LogP contribution in [-0.2, 0) is 9.59 Å². The summed E-state index contributed by atoms with van der Waals surface area (Å²) in [7, 11) is -1.60. The van der Waals surface area contributed by atoms with Crippen LogP contribution in [0.25, 0.3) is 0 Å². The lowest BCUT2D eigenvalue weighted by molar-refractivity contribution is -0.131. The molecule has 6 nitrogen and oxygen atoms in total. The van der Waals surface area contributed by atoms with Crippen LogP contribution < -0.4 is 10.2 Å². The van der Waals surface area contributed by atoms with Crippen molar-refractivity contribution in [3.63, 3.8) is 0 Å². The summed E-state index contributed by atoms with van der Waals surface area (Å²) in [5.41, 5.74) is 2.24. The topological polar surface area (TPSA) is 89.9 Å². The largest absolute Gasteiger partial charge is 0.475 e. The highest BCUT2D eigenvalue weighted by Gasteiger charge is 2.39. The fraction of sp³-hybridized carbons (Fsp3) is 0.652. The second-order valence-corrected chi connectivity index (χ2v) is 9.54. The highest BCUT2D eigenvalue weighted by Crippen LogP contribution is 2.37. The van der Waals surface area contributed by atoms with E-state index in [0.717, 1.165) is 31.5 Å². The van der Waals surface area contributed by atoms with Gasteiger partial charge < -0.3 is 20.3 Å². The van der Waals surface area contributed by atoms with Gasteiger partial charge in [0.25, 0.3) is 0 Å². The van der Waals surface area contributed by atoms with Gasteiger partial charge in [0.15, 0.2) is 5.78 Å². The van der Waals surface area contributed by atoms with Gasteiger partial charge in [0, 0.05) is 24.6 Å². The summed E-state index contributed by atoms with van der Waals surface area (Å²) < 4.78 is 0. The smallest absolute Gasteiger partial charge is 0.426 e. The average Bonchev–Trinajstić information content (AvgIpc) is 3.45. The standard InChI is InChI=1S/C23H35BN2O4/c1-15(2)12-22(24(29)30)25-23(28)18(13-17-6-7-17)14-21(27)20-10-11-26(20)19-8-4-16(3)5-9-19/h4-5,8-9,15,17-18,20,22,29-30H,6-7,10-14H2,1-3H3,(H,25,28)/t18-,20+,22+/m1/s1. The first-order chi connectivity index (χ1) is 14.2. The van der Waals surface area contributed by atoms with Crippen molar-refractivity contribution in [1.29, 1.82) is 0 Å². The molecule has 1 aromatic rings. The number of ketones is 1. The zero-order chi connectivity index (χ0) is 21.8. The third-order valence-corrected chi connectivity index (χ3v) is 6.30. The lowest BCUT2D eigenvalue weighted by Crippen LogP contribution is -2.54. The number of carbonyl (C=O) groups is 2. The summed E-state index contributed by atoms with van der Waals surface area (Å²) in [5, 5.41) is 22.1. The quantitative estimate of drug-likeness (QED) is 0.484. The lowest BCUT2D eigenvalue weighted by Gasteiger charge is -2.42. The second kappa shape index (κ2) is 9.97. The molecule has 0 bridgehead atoms. The molecular weight excluding hydrogens is 379 g/mol. The Morgan fingerprint density at radius 3 is 2.33 bits per heavy atom. The van der Waals surface area contributed by atoms with Gasteiger partial charge in [-0.15, -0.1) is 0 Å². The van der Waals surface area contributed by atoms with E-state index in [4.69, 9.17) is 0 Å². The van der Waals surface area contributed by atoms with Gasteiger partial charge in [-0.3, -0.25) is 9.59 Å². The molecule has 3 atom stereocenters. The number of hydrogen-bond donors (Lipinski definition) is 3. The number of rotatable bonds is 11. The van der Waals surface area contributed by atoms with Crippen molar-refractivity contribution < 1.29 is 19.6 Å². The van der Waals surface area contributed by atoms with E-state index in [9.17, 15) is 19.6 Å². The van der Waals surface area contributed by atoms with Crippen molar-refractivity contribution in [2.75, 3.05) is 11.4 Å². The van der Waals surface area contributed by atoms with Crippen LogP contribution in [0.2, 0.25) is 0 Å². The fourth-order valence-corrected chi connectivity index (χ4v) is 4.25. The molecule has 1 aliphatic carbocycles. The van der Waals surface area contributed by atoms with E-state index >= 15 is 0 Å². The van der Waals surface area contributed by atoms with Crippen LogP contribution in [0, 0.1) is 24.7 Å². The molecule has 1 saturated carbocycles. The van der Waals surface area contributed by atoms with Crippen molar-refractivity contribution in [3.8, 4) is 0 Å². The molecule has 0 spiro atoms. The molecule has 1 saturated heterocycles. The van der Waals surface area contributed by atoms with Crippen LogP contribution in [-0.4, -0.2) is 47.4 Å². The van der Waals surface area contributed by atoms with E-state index in [1.807, 2.05) is 45.0 Å². The van der Waals surface area contributed by atoms with Crippen LogP contribution in [0.5, 0.6) is 0 Å². The van der Waals surface area contributed by atoms with Crippen LogP contribution in [0.1, 0.15) is 57.9 Å². The molecule has 30 heavy (non-hydrogen) atoms. The Morgan fingerprint density at radius 1 is 1.17 bits per heavy atom. The van der Waals surface area contributed by atoms with E-state index in [-0.39, 0.29) is 30.1 Å². The normalized spacial score (nSPS) is 20.5. The Labute approximate surface area is 180 Å². The van der Waals surface area contributed by atoms with Gasteiger partial charge >= 0.3 is 7.12 Å². The maximum atomic E-state index is 13.1. The number of carbonyl (C=O) groups excluding carboxylic acids is 2. The SMILES string of the molecule is Cc1ccc(N2CC[C@H]2C(=O)C[C@@H](CC2CC2)C(=O)N[C@@H](CC(C)C)B(O)O)cc1. The third-order valence-electron chi connectivity index (χ3n) is 6.30. The molecule has 2 fully saturated rings. The molecule has 0 aromatic heterocycles.